The highest BCUT2D eigenvalue weighted by Gasteiger charge is 2.20. The van der Waals surface area contributed by atoms with Gasteiger partial charge in [0.15, 0.2) is 9.84 Å². The molecule has 0 aromatic heterocycles. The molecule has 8 nitrogen and oxygen atoms in total. The van der Waals surface area contributed by atoms with E-state index in [-0.39, 0.29) is 23.0 Å². The molecule has 0 amide bonds. The van der Waals surface area contributed by atoms with E-state index in [2.05, 4.69) is 4.74 Å². The van der Waals surface area contributed by atoms with Crippen molar-refractivity contribution >= 4 is 21.5 Å². The SMILES string of the molecule is COC(=O)Cc1ccc(Oc2ccc(S(C)(=O)=O)cc2[N+](=O)[O-])cc1. The number of methoxy groups -OCH3 is 1. The second kappa shape index (κ2) is 7.31. The third-order valence-corrected chi connectivity index (χ3v) is 4.39. The first kappa shape index (κ1) is 18.4. The maximum atomic E-state index is 11.5. The normalized spacial score (nSPS) is 11.0. The van der Waals surface area contributed by atoms with Gasteiger partial charge in [-0.3, -0.25) is 14.9 Å². The predicted molar refractivity (Wildman–Crippen MR) is 88.4 cm³/mol. The molecule has 0 bridgehead atoms. The van der Waals surface area contributed by atoms with E-state index in [4.69, 9.17) is 4.74 Å². The van der Waals surface area contributed by atoms with Gasteiger partial charge in [0.25, 0.3) is 0 Å². The predicted octanol–water partition coefficient (Wildman–Crippen LogP) is 2.51. The molecule has 0 N–H and O–H groups in total. The molecule has 25 heavy (non-hydrogen) atoms. The fraction of sp³-hybridized carbons (Fsp3) is 0.188. The van der Waals surface area contributed by atoms with Crippen molar-refractivity contribution in [2.24, 2.45) is 0 Å². The summed E-state index contributed by atoms with van der Waals surface area (Å²) in [7, 11) is -2.28. The first-order valence-corrected chi connectivity index (χ1v) is 8.92. The van der Waals surface area contributed by atoms with Gasteiger partial charge in [-0.25, -0.2) is 8.42 Å². The Hall–Kier alpha value is -2.94. The molecule has 0 heterocycles. The van der Waals surface area contributed by atoms with E-state index < -0.39 is 20.4 Å². The van der Waals surface area contributed by atoms with Crippen LogP contribution in [0.3, 0.4) is 0 Å². The van der Waals surface area contributed by atoms with Gasteiger partial charge >= 0.3 is 11.7 Å². The fourth-order valence-corrected chi connectivity index (χ4v) is 2.64. The zero-order valence-corrected chi connectivity index (χ0v) is 14.3. The number of ether oxygens (including phenoxy) is 2. The van der Waals surface area contributed by atoms with Crippen LogP contribution in [0.4, 0.5) is 5.69 Å². The van der Waals surface area contributed by atoms with E-state index in [1.54, 1.807) is 24.3 Å². The number of carbonyl (C=O) groups is 1. The van der Waals surface area contributed by atoms with Crippen molar-refractivity contribution in [3.63, 3.8) is 0 Å². The number of carbonyl (C=O) groups excluding carboxylic acids is 1. The van der Waals surface area contributed by atoms with Crippen LogP contribution in [0.1, 0.15) is 5.56 Å². The quantitative estimate of drug-likeness (QED) is 0.439. The van der Waals surface area contributed by atoms with Gasteiger partial charge in [0.05, 0.1) is 23.3 Å². The minimum Gasteiger partial charge on any atom is -0.469 e. The van der Waals surface area contributed by atoms with E-state index in [1.165, 1.54) is 19.2 Å². The average molecular weight is 365 g/mol. The van der Waals surface area contributed by atoms with E-state index in [0.29, 0.717) is 11.3 Å². The smallest absolute Gasteiger partial charge is 0.312 e. The van der Waals surface area contributed by atoms with Gasteiger partial charge in [-0.1, -0.05) is 12.1 Å². The molecule has 2 aromatic carbocycles. The van der Waals surface area contributed by atoms with Crippen LogP contribution in [0, 0.1) is 10.1 Å². The Bertz CT molecular complexity index is 905. The number of rotatable bonds is 6. The van der Waals surface area contributed by atoms with E-state index in [9.17, 15) is 23.3 Å². The molecule has 0 atom stereocenters. The van der Waals surface area contributed by atoms with Crippen molar-refractivity contribution in [1.29, 1.82) is 0 Å². The first-order valence-electron chi connectivity index (χ1n) is 7.03. The lowest BCUT2D eigenvalue weighted by molar-refractivity contribution is -0.385. The van der Waals surface area contributed by atoms with Crippen LogP contribution in [-0.2, 0) is 25.8 Å². The molecule has 0 aliphatic carbocycles. The second-order valence-electron chi connectivity index (χ2n) is 5.16. The van der Waals surface area contributed by atoms with Crippen LogP contribution in [-0.4, -0.2) is 32.7 Å². The Balaban J connectivity index is 2.27. The average Bonchev–Trinajstić information content (AvgIpc) is 2.55. The lowest BCUT2D eigenvalue weighted by Crippen LogP contribution is -2.04. The maximum absolute atomic E-state index is 11.5. The van der Waals surface area contributed by atoms with Gasteiger partial charge in [0.2, 0.25) is 5.75 Å². The topological polar surface area (TPSA) is 113 Å². The minimum absolute atomic E-state index is 0.0851. The Morgan fingerprint density at radius 2 is 1.80 bits per heavy atom. The molecule has 0 aliphatic heterocycles. The molecule has 0 fully saturated rings. The molecule has 0 aliphatic rings. The Morgan fingerprint density at radius 3 is 2.32 bits per heavy atom. The van der Waals surface area contributed by atoms with Crippen molar-refractivity contribution in [3.8, 4) is 11.5 Å². The third kappa shape index (κ3) is 4.77. The lowest BCUT2D eigenvalue weighted by atomic mass is 10.1. The van der Waals surface area contributed by atoms with Gasteiger partial charge in [0.1, 0.15) is 5.75 Å². The van der Waals surface area contributed by atoms with Gasteiger partial charge in [-0.15, -0.1) is 0 Å². The lowest BCUT2D eigenvalue weighted by Gasteiger charge is -2.08. The molecule has 0 saturated heterocycles. The highest BCUT2D eigenvalue weighted by atomic mass is 32.2. The third-order valence-electron chi connectivity index (χ3n) is 3.28. The monoisotopic (exact) mass is 365 g/mol. The summed E-state index contributed by atoms with van der Waals surface area (Å²) < 4.78 is 33.1. The molecule has 0 saturated carbocycles. The number of nitro groups is 1. The summed E-state index contributed by atoms with van der Waals surface area (Å²) in [4.78, 5) is 21.5. The molecule has 0 radical (unpaired) electrons. The number of benzene rings is 2. The summed E-state index contributed by atoms with van der Waals surface area (Å²) in [5.74, 6) is -0.164. The molecule has 2 rings (SSSR count). The number of hydrogen-bond donors (Lipinski definition) is 0. The van der Waals surface area contributed by atoms with E-state index in [1.807, 2.05) is 0 Å². The van der Waals surface area contributed by atoms with E-state index >= 15 is 0 Å². The van der Waals surface area contributed by atoms with E-state index in [0.717, 1.165) is 12.3 Å². The van der Waals surface area contributed by atoms with Crippen LogP contribution in [0.5, 0.6) is 11.5 Å². The van der Waals surface area contributed by atoms with Crippen LogP contribution >= 0.6 is 0 Å². The fourth-order valence-electron chi connectivity index (χ4n) is 2.00. The molecule has 0 unspecified atom stereocenters. The highest BCUT2D eigenvalue weighted by molar-refractivity contribution is 7.90. The molecule has 9 heteroatoms. The molecule has 2 aromatic rings. The zero-order valence-electron chi connectivity index (χ0n) is 13.5. The zero-order chi connectivity index (χ0) is 18.6. The van der Waals surface area contributed by atoms with Gasteiger partial charge in [-0.2, -0.15) is 0 Å². The Kier molecular flexibility index (Phi) is 5.38. The summed E-state index contributed by atoms with van der Waals surface area (Å²) in [6.07, 6.45) is 1.06. The number of hydrogen-bond acceptors (Lipinski definition) is 7. The highest BCUT2D eigenvalue weighted by Crippen LogP contribution is 2.33. The van der Waals surface area contributed by atoms with Crippen molar-refractivity contribution in [2.45, 2.75) is 11.3 Å². The van der Waals surface area contributed by atoms with Crippen LogP contribution in [0.15, 0.2) is 47.4 Å². The van der Waals surface area contributed by atoms with Crippen molar-refractivity contribution in [2.75, 3.05) is 13.4 Å². The summed E-state index contributed by atoms with van der Waals surface area (Å²) in [6, 6.07) is 9.78. The summed E-state index contributed by atoms with van der Waals surface area (Å²) >= 11 is 0. The Morgan fingerprint density at radius 1 is 1.16 bits per heavy atom. The first-order chi connectivity index (χ1) is 11.7. The van der Waals surface area contributed by atoms with Gasteiger partial charge < -0.3 is 9.47 Å². The standard InChI is InChI=1S/C16H15NO7S/c1-23-16(18)9-11-3-5-12(6-4-11)24-15-8-7-13(25(2,21)22)10-14(15)17(19)20/h3-8,10H,9H2,1-2H3. The number of sulfone groups is 1. The number of nitrogens with zero attached hydrogens (tertiary/aromatic N) is 1. The molecule has 0 spiro atoms. The Labute approximate surface area is 144 Å². The summed E-state index contributed by atoms with van der Waals surface area (Å²) in [5.41, 5.74) is 0.239. The molecular formula is C16H15NO7S. The maximum Gasteiger partial charge on any atom is 0.312 e. The largest absolute Gasteiger partial charge is 0.469 e. The number of nitro benzene ring substituents is 1. The van der Waals surface area contributed by atoms with Crippen molar-refractivity contribution < 1.29 is 27.6 Å². The minimum atomic E-state index is -3.57. The van der Waals surface area contributed by atoms with Crippen LogP contribution in [0.2, 0.25) is 0 Å². The van der Waals surface area contributed by atoms with Gasteiger partial charge in [-0.05, 0) is 29.8 Å². The summed E-state index contributed by atoms with van der Waals surface area (Å²) in [6.45, 7) is 0. The van der Waals surface area contributed by atoms with Crippen molar-refractivity contribution in [3.05, 3.63) is 58.1 Å². The van der Waals surface area contributed by atoms with Crippen LogP contribution < -0.4 is 4.74 Å². The molecular weight excluding hydrogens is 350 g/mol. The van der Waals surface area contributed by atoms with Gasteiger partial charge in [0, 0.05) is 12.3 Å². The molecule has 132 valence electrons. The summed E-state index contributed by atoms with van der Waals surface area (Å²) in [5, 5.41) is 11.2. The number of esters is 1. The second-order valence-corrected chi connectivity index (χ2v) is 7.17. The van der Waals surface area contributed by atoms with Crippen molar-refractivity contribution in [1.82, 2.24) is 0 Å². The van der Waals surface area contributed by atoms with Crippen LogP contribution in [0.25, 0.3) is 0 Å².